The van der Waals surface area contributed by atoms with Crippen molar-refractivity contribution in [2.24, 2.45) is 5.11 Å². The van der Waals surface area contributed by atoms with Gasteiger partial charge < -0.3 is 4.57 Å². The first-order valence-corrected chi connectivity index (χ1v) is 10.3. The average Bonchev–Trinajstić information content (AvgIpc) is 3.04. The van der Waals surface area contributed by atoms with Crippen LogP contribution in [0.2, 0.25) is 0 Å². The summed E-state index contributed by atoms with van der Waals surface area (Å²) in [6.07, 6.45) is 2.30. The van der Waals surface area contributed by atoms with E-state index in [1.54, 1.807) is 6.07 Å². The lowest BCUT2D eigenvalue weighted by Gasteiger charge is -2.14. The number of carbonyl (C=O) groups excluding carboxylic acids is 1. The Morgan fingerprint density at radius 3 is 2.67 bits per heavy atom. The Bertz CT molecular complexity index is 1340. The number of ketones is 1. The van der Waals surface area contributed by atoms with Gasteiger partial charge >= 0.3 is 0 Å². The number of non-ortho nitro benzene ring substituents is 1. The lowest BCUT2D eigenvalue weighted by molar-refractivity contribution is -0.384. The smallest absolute Gasteiger partial charge is 0.270 e. The summed E-state index contributed by atoms with van der Waals surface area (Å²) in [4.78, 5) is 40.9. The Hall–Kier alpha value is -3.62. The average molecular weight is 421 g/mol. The van der Waals surface area contributed by atoms with Crippen LogP contribution in [0.5, 0.6) is 0 Å². The van der Waals surface area contributed by atoms with E-state index in [2.05, 4.69) is 10.0 Å². The van der Waals surface area contributed by atoms with E-state index in [0.29, 0.717) is 34.2 Å². The van der Waals surface area contributed by atoms with Gasteiger partial charge in [-0.2, -0.15) is 0 Å². The normalized spacial score (nSPS) is 11.8. The van der Waals surface area contributed by atoms with Crippen LogP contribution in [0.15, 0.2) is 51.2 Å². The number of thioether (sulfide) groups is 1. The van der Waals surface area contributed by atoms with Crippen LogP contribution < -0.4 is 5.56 Å². The van der Waals surface area contributed by atoms with Crippen molar-refractivity contribution in [1.29, 1.82) is 0 Å². The van der Waals surface area contributed by atoms with Gasteiger partial charge in [-0.3, -0.25) is 19.7 Å². The van der Waals surface area contributed by atoms with Crippen LogP contribution in [0.25, 0.3) is 32.5 Å². The molecule has 0 saturated heterocycles. The highest BCUT2D eigenvalue weighted by Crippen LogP contribution is 2.41. The number of nitrogens with zero attached hydrogens (tertiary/aromatic N) is 5. The van der Waals surface area contributed by atoms with E-state index in [4.69, 9.17) is 5.53 Å². The zero-order valence-electron chi connectivity index (χ0n) is 15.9. The molecule has 0 atom stereocenters. The number of fused-ring (bicyclic) bond motifs is 5. The molecule has 1 aliphatic carbocycles. The number of rotatable bonds is 6. The van der Waals surface area contributed by atoms with Crippen molar-refractivity contribution in [2.45, 2.75) is 17.9 Å². The Kier molecular flexibility index (Phi) is 5.03. The minimum Gasteiger partial charge on any atom is -0.307 e. The zero-order chi connectivity index (χ0) is 21.4. The maximum absolute atomic E-state index is 13.3. The maximum Gasteiger partial charge on any atom is 0.270 e. The van der Waals surface area contributed by atoms with Gasteiger partial charge in [0, 0.05) is 51.5 Å². The van der Waals surface area contributed by atoms with E-state index < -0.39 is 10.5 Å². The summed E-state index contributed by atoms with van der Waals surface area (Å²) in [7, 11) is 0. The van der Waals surface area contributed by atoms with Gasteiger partial charge in [0.1, 0.15) is 0 Å². The molecule has 2 aromatic carbocycles. The molecule has 0 fully saturated rings. The number of hydrogen-bond donors (Lipinski definition) is 0. The number of nitro groups is 1. The summed E-state index contributed by atoms with van der Waals surface area (Å²) < 4.78 is 1.47. The fraction of sp³-hybridized carbons (Fsp3) is 0.200. The topological polar surface area (TPSA) is 131 Å². The Morgan fingerprint density at radius 2 is 1.97 bits per heavy atom. The van der Waals surface area contributed by atoms with E-state index in [1.807, 2.05) is 18.4 Å². The minimum absolute atomic E-state index is 0.123. The molecule has 1 heterocycles. The SMILES string of the molecule is CSc1ccc2c(c1)C(=O)c1c-2n(CCCN=[N+]=[N-])c(=O)c2cc([N+](=O)[O-])ccc12. The predicted octanol–water partition coefficient (Wildman–Crippen LogP) is 4.54. The molecule has 10 heteroatoms. The molecule has 0 aliphatic heterocycles. The number of pyridine rings is 1. The molecular formula is C20H15N5O4S. The lowest BCUT2D eigenvalue weighted by atomic mass is 10.0. The highest BCUT2D eigenvalue weighted by atomic mass is 32.2. The van der Waals surface area contributed by atoms with Gasteiger partial charge in [0.25, 0.3) is 11.2 Å². The first-order chi connectivity index (χ1) is 14.5. The molecule has 9 nitrogen and oxygen atoms in total. The van der Waals surface area contributed by atoms with Gasteiger partial charge in [-0.1, -0.05) is 11.2 Å². The van der Waals surface area contributed by atoms with E-state index in [1.165, 1.54) is 34.5 Å². The monoisotopic (exact) mass is 421 g/mol. The first kappa shape index (κ1) is 19.7. The molecule has 30 heavy (non-hydrogen) atoms. The molecule has 0 radical (unpaired) electrons. The molecule has 1 aliphatic rings. The van der Waals surface area contributed by atoms with E-state index in [0.717, 1.165) is 4.90 Å². The highest BCUT2D eigenvalue weighted by molar-refractivity contribution is 7.98. The minimum atomic E-state index is -0.570. The van der Waals surface area contributed by atoms with Crippen LogP contribution >= 0.6 is 11.8 Å². The van der Waals surface area contributed by atoms with E-state index in [9.17, 15) is 19.7 Å². The molecular weight excluding hydrogens is 406 g/mol. The van der Waals surface area contributed by atoms with Gasteiger partial charge in [0.15, 0.2) is 5.78 Å². The van der Waals surface area contributed by atoms with Crippen molar-refractivity contribution in [2.75, 3.05) is 12.8 Å². The standard InChI is InChI=1S/C20H15N5O4S/c1-30-12-4-6-14-15(10-12)19(26)17-13-5-3-11(25(28)29)9-16(13)20(27)24(18(14)17)8-2-7-22-23-21/h3-6,9-10H,2,7-8H2,1H3. The van der Waals surface area contributed by atoms with Crippen LogP contribution in [0, 0.1) is 10.1 Å². The molecule has 0 unspecified atom stereocenters. The Morgan fingerprint density at radius 1 is 1.17 bits per heavy atom. The first-order valence-electron chi connectivity index (χ1n) is 9.07. The zero-order valence-corrected chi connectivity index (χ0v) is 16.7. The molecule has 0 N–H and O–H groups in total. The van der Waals surface area contributed by atoms with Crippen LogP contribution in [-0.4, -0.2) is 28.1 Å². The van der Waals surface area contributed by atoms with Crippen molar-refractivity contribution in [3.63, 3.8) is 0 Å². The van der Waals surface area contributed by atoms with Crippen molar-refractivity contribution < 1.29 is 9.72 Å². The quantitative estimate of drug-likeness (QED) is 0.0857. The summed E-state index contributed by atoms with van der Waals surface area (Å²) in [5, 5.41) is 15.2. The Balaban J connectivity index is 2.03. The molecule has 3 aromatic rings. The molecule has 0 bridgehead atoms. The second-order valence-electron chi connectivity index (χ2n) is 6.72. The molecule has 0 amide bonds. The van der Waals surface area contributed by atoms with E-state index in [-0.39, 0.29) is 29.9 Å². The maximum atomic E-state index is 13.3. The summed E-state index contributed by atoms with van der Waals surface area (Å²) in [5.74, 6) is -0.210. The van der Waals surface area contributed by atoms with Gasteiger partial charge in [-0.25, -0.2) is 0 Å². The second-order valence-corrected chi connectivity index (χ2v) is 7.60. The van der Waals surface area contributed by atoms with Crippen molar-refractivity contribution in [1.82, 2.24) is 4.57 Å². The summed E-state index contributed by atoms with van der Waals surface area (Å²) >= 11 is 1.51. The fourth-order valence-corrected chi connectivity index (χ4v) is 4.24. The third kappa shape index (κ3) is 3.02. The molecule has 0 saturated carbocycles. The summed E-state index contributed by atoms with van der Waals surface area (Å²) in [6, 6.07) is 9.50. The number of benzene rings is 2. The number of nitro benzene ring substituents is 1. The lowest BCUT2D eigenvalue weighted by Crippen LogP contribution is -2.24. The number of hydrogen-bond acceptors (Lipinski definition) is 6. The summed E-state index contributed by atoms with van der Waals surface area (Å²) in [6.45, 7) is 0.409. The van der Waals surface area contributed by atoms with Crippen molar-refractivity contribution in [3.05, 3.63) is 78.4 Å². The van der Waals surface area contributed by atoms with Gasteiger partial charge in [0.2, 0.25) is 0 Å². The van der Waals surface area contributed by atoms with Crippen LogP contribution in [0.3, 0.4) is 0 Å². The highest BCUT2D eigenvalue weighted by Gasteiger charge is 2.33. The number of carbonyl (C=O) groups is 1. The van der Waals surface area contributed by atoms with Gasteiger partial charge in [-0.05, 0) is 36.4 Å². The number of azide groups is 1. The van der Waals surface area contributed by atoms with Crippen LogP contribution in [0.1, 0.15) is 22.3 Å². The second kappa shape index (κ2) is 7.66. The number of aromatic nitrogens is 1. The molecule has 1 aromatic heterocycles. The van der Waals surface area contributed by atoms with Gasteiger partial charge in [0.05, 0.1) is 21.6 Å². The third-order valence-corrected chi connectivity index (χ3v) is 5.85. The summed E-state index contributed by atoms with van der Waals surface area (Å²) in [5.41, 5.74) is 9.91. The van der Waals surface area contributed by atoms with Crippen molar-refractivity contribution in [3.8, 4) is 11.3 Å². The molecule has 4 rings (SSSR count). The fourth-order valence-electron chi connectivity index (χ4n) is 3.80. The molecule has 150 valence electrons. The Labute approximate surface area is 174 Å². The van der Waals surface area contributed by atoms with Crippen LogP contribution in [-0.2, 0) is 6.54 Å². The largest absolute Gasteiger partial charge is 0.307 e. The third-order valence-electron chi connectivity index (χ3n) is 5.12. The van der Waals surface area contributed by atoms with Crippen molar-refractivity contribution >= 4 is 34.0 Å². The van der Waals surface area contributed by atoms with Crippen LogP contribution in [0.4, 0.5) is 5.69 Å². The predicted molar refractivity (Wildman–Crippen MR) is 114 cm³/mol. The van der Waals surface area contributed by atoms with E-state index >= 15 is 0 Å². The molecule has 0 spiro atoms. The van der Waals surface area contributed by atoms with Gasteiger partial charge in [-0.15, -0.1) is 11.8 Å².